The number of hydrogen-bond donors (Lipinski definition) is 1. The predicted octanol–water partition coefficient (Wildman–Crippen LogP) is -1.06. The quantitative estimate of drug-likeness (QED) is 0.419. The van der Waals surface area contributed by atoms with Crippen LogP contribution in [0.3, 0.4) is 0 Å². The van der Waals surface area contributed by atoms with E-state index in [-0.39, 0.29) is 39.1 Å². The lowest BCUT2D eigenvalue weighted by atomic mass is 10.4. The van der Waals surface area contributed by atoms with Crippen LogP contribution in [0.1, 0.15) is 12.8 Å². The molecule has 0 aliphatic heterocycles. The summed E-state index contributed by atoms with van der Waals surface area (Å²) in [7, 11) is 0. The lowest BCUT2D eigenvalue weighted by molar-refractivity contribution is -0.143. The summed E-state index contributed by atoms with van der Waals surface area (Å²) in [4.78, 5) is 60.5. The number of carbonyl (C=O) groups is 2. The number of carbonyl (C=O) groups excluding carboxylic acids is 2. The van der Waals surface area contributed by atoms with E-state index in [1.165, 1.54) is 12.2 Å². The average Bonchev–Trinajstić information content (AvgIpc) is 2.57. The number of H-pyrrole nitrogens is 1. The molecule has 0 aliphatic carbocycles. The fourth-order valence-corrected chi connectivity index (χ4v) is 1.79. The SMILES string of the molecule is C=CCOC(=O)CCn1c(=O)[nH]c(=O)n(CCC(=O)OCC=C)c1=O. The Morgan fingerprint density at radius 2 is 1.28 bits per heavy atom. The molecule has 0 unspecified atom stereocenters. The minimum atomic E-state index is -0.947. The van der Waals surface area contributed by atoms with E-state index in [2.05, 4.69) is 13.2 Å². The third-order valence-corrected chi connectivity index (χ3v) is 2.97. The van der Waals surface area contributed by atoms with Crippen molar-refractivity contribution in [2.45, 2.75) is 25.9 Å². The fraction of sp³-hybridized carbons (Fsp3) is 0.400. The second kappa shape index (κ2) is 9.85. The van der Waals surface area contributed by atoms with Crippen LogP contribution >= 0.6 is 0 Å². The van der Waals surface area contributed by atoms with Gasteiger partial charge in [0, 0.05) is 13.1 Å². The molecule has 0 spiro atoms. The molecule has 0 saturated carbocycles. The van der Waals surface area contributed by atoms with Gasteiger partial charge in [0.05, 0.1) is 12.8 Å². The van der Waals surface area contributed by atoms with E-state index in [1.807, 2.05) is 4.98 Å². The Labute approximate surface area is 142 Å². The second-order valence-electron chi connectivity index (χ2n) is 4.76. The molecule has 1 N–H and O–H groups in total. The number of esters is 2. The van der Waals surface area contributed by atoms with Crippen LogP contribution < -0.4 is 17.1 Å². The van der Waals surface area contributed by atoms with Crippen molar-refractivity contribution in [2.24, 2.45) is 0 Å². The lowest BCUT2D eigenvalue weighted by Gasteiger charge is -2.08. The maximum absolute atomic E-state index is 12.2. The van der Waals surface area contributed by atoms with E-state index in [4.69, 9.17) is 9.47 Å². The van der Waals surface area contributed by atoms with Crippen LogP contribution in [0.15, 0.2) is 39.7 Å². The van der Waals surface area contributed by atoms with Gasteiger partial charge in [-0.05, 0) is 0 Å². The van der Waals surface area contributed by atoms with Crippen LogP contribution in [-0.4, -0.2) is 39.3 Å². The summed E-state index contributed by atoms with van der Waals surface area (Å²) in [6.07, 6.45) is 2.28. The molecular weight excluding hydrogens is 334 g/mol. The molecule has 0 bridgehead atoms. The first kappa shape index (κ1) is 19.9. The van der Waals surface area contributed by atoms with Gasteiger partial charge in [0.2, 0.25) is 0 Å². The van der Waals surface area contributed by atoms with Crippen LogP contribution in [0.25, 0.3) is 0 Å². The van der Waals surface area contributed by atoms with E-state index in [9.17, 15) is 24.0 Å². The van der Waals surface area contributed by atoms with Gasteiger partial charge < -0.3 is 9.47 Å². The number of aromatic amines is 1. The van der Waals surface area contributed by atoms with Gasteiger partial charge in [-0.2, -0.15) is 0 Å². The number of aromatic nitrogens is 3. The third-order valence-electron chi connectivity index (χ3n) is 2.97. The van der Waals surface area contributed by atoms with Crippen molar-refractivity contribution in [3.63, 3.8) is 0 Å². The monoisotopic (exact) mass is 353 g/mol. The largest absolute Gasteiger partial charge is 0.461 e. The Kier molecular flexibility index (Phi) is 7.83. The fourth-order valence-electron chi connectivity index (χ4n) is 1.79. The molecule has 0 fully saturated rings. The standard InChI is InChI=1S/C15H19N3O7/c1-3-9-24-11(19)5-7-17-13(21)16-14(22)18(15(17)23)8-6-12(20)25-10-4-2/h3-4H,1-2,5-10H2,(H,16,21,22). The van der Waals surface area contributed by atoms with E-state index in [0.717, 1.165) is 0 Å². The molecule has 10 heteroatoms. The Balaban J connectivity index is 2.88. The van der Waals surface area contributed by atoms with Crippen molar-refractivity contribution in [3.8, 4) is 0 Å². The van der Waals surface area contributed by atoms with Gasteiger partial charge in [0.25, 0.3) is 0 Å². The van der Waals surface area contributed by atoms with Gasteiger partial charge >= 0.3 is 29.0 Å². The summed E-state index contributed by atoms with van der Waals surface area (Å²) in [5.41, 5.74) is -2.82. The molecule has 1 rings (SSSR count). The van der Waals surface area contributed by atoms with Crippen molar-refractivity contribution in [1.29, 1.82) is 0 Å². The summed E-state index contributed by atoms with van der Waals surface area (Å²) in [5, 5.41) is 0. The highest BCUT2D eigenvalue weighted by atomic mass is 16.5. The molecular formula is C15H19N3O7. The Morgan fingerprint density at radius 1 is 0.880 bits per heavy atom. The molecule has 1 heterocycles. The minimum Gasteiger partial charge on any atom is -0.461 e. The lowest BCUT2D eigenvalue weighted by Crippen LogP contribution is -2.49. The first-order chi connectivity index (χ1) is 11.9. The number of nitrogens with zero attached hydrogens (tertiary/aromatic N) is 2. The van der Waals surface area contributed by atoms with E-state index in [0.29, 0.717) is 9.13 Å². The molecule has 0 aliphatic rings. The zero-order chi connectivity index (χ0) is 18.8. The maximum Gasteiger partial charge on any atom is 0.336 e. The van der Waals surface area contributed by atoms with Crippen molar-refractivity contribution in [2.75, 3.05) is 13.2 Å². The molecule has 0 amide bonds. The molecule has 10 nitrogen and oxygen atoms in total. The zero-order valence-electron chi connectivity index (χ0n) is 13.6. The van der Waals surface area contributed by atoms with Crippen LogP contribution in [0.4, 0.5) is 0 Å². The molecule has 25 heavy (non-hydrogen) atoms. The molecule has 0 atom stereocenters. The van der Waals surface area contributed by atoms with Gasteiger partial charge in [-0.1, -0.05) is 25.3 Å². The van der Waals surface area contributed by atoms with Gasteiger partial charge in [0.1, 0.15) is 13.2 Å². The Bertz CT molecular complexity index is 752. The number of ether oxygens (including phenoxy) is 2. The summed E-state index contributed by atoms with van der Waals surface area (Å²) in [6.45, 7) is 6.25. The number of nitrogens with one attached hydrogen (secondary N) is 1. The predicted molar refractivity (Wildman–Crippen MR) is 87.1 cm³/mol. The minimum absolute atomic E-state index is 0.0103. The Morgan fingerprint density at radius 3 is 1.64 bits per heavy atom. The Hall–Kier alpha value is -3.17. The van der Waals surface area contributed by atoms with E-state index < -0.39 is 29.0 Å². The summed E-state index contributed by atoms with van der Waals surface area (Å²) in [5.74, 6) is -1.26. The molecule has 136 valence electrons. The molecule has 1 aromatic heterocycles. The van der Waals surface area contributed by atoms with Crippen molar-refractivity contribution >= 4 is 11.9 Å². The van der Waals surface area contributed by atoms with Crippen LogP contribution in [0, 0.1) is 0 Å². The highest BCUT2D eigenvalue weighted by molar-refractivity contribution is 5.69. The third kappa shape index (κ3) is 6.09. The van der Waals surface area contributed by atoms with Gasteiger partial charge in [-0.15, -0.1) is 0 Å². The van der Waals surface area contributed by atoms with Gasteiger partial charge in [-0.3, -0.25) is 14.6 Å². The highest BCUT2D eigenvalue weighted by Gasteiger charge is 2.13. The first-order valence-electron chi connectivity index (χ1n) is 7.37. The van der Waals surface area contributed by atoms with E-state index >= 15 is 0 Å². The van der Waals surface area contributed by atoms with Crippen molar-refractivity contribution in [3.05, 3.63) is 56.8 Å². The van der Waals surface area contributed by atoms with Gasteiger partial charge in [0.15, 0.2) is 0 Å². The van der Waals surface area contributed by atoms with Crippen molar-refractivity contribution < 1.29 is 19.1 Å². The van der Waals surface area contributed by atoms with Crippen LogP contribution in [-0.2, 0) is 32.2 Å². The highest BCUT2D eigenvalue weighted by Crippen LogP contribution is 1.91. The molecule has 0 aromatic carbocycles. The molecule has 1 aromatic rings. The normalized spacial score (nSPS) is 10.1. The maximum atomic E-state index is 12.2. The topological polar surface area (TPSA) is 129 Å². The van der Waals surface area contributed by atoms with Crippen LogP contribution in [0.5, 0.6) is 0 Å². The molecule has 0 radical (unpaired) electrons. The summed E-state index contributed by atoms with van der Waals surface area (Å²) >= 11 is 0. The van der Waals surface area contributed by atoms with Crippen molar-refractivity contribution in [1.82, 2.24) is 14.1 Å². The van der Waals surface area contributed by atoms with Gasteiger partial charge in [-0.25, -0.2) is 23.5 Å². The first-order valence-corrected chi connectivity index (χ1v) is 7.37. The smallest absolute Gasteiger partial charge is 0.336 e. The average molecular weight is 353 g/mol. The summed E-state index contributed by atoms with van der Waals surface area (Å²) in [6, 6.07) is 0. The number of rotatable bonds is 10. The second-order valence-corrected chi connectivity index (χ2v) is 4.76. The summed E-state index contributed by atoms with van der Waals surface area (Å²) < 4.78 is 10.9. The number of hydrogen-bond acceptors (Lipinski definition) is 7. The molecule has 0 saturated heterocycles. The van der Waals surface area contributed by atoms with Crippen LogP contribution in [0.2, 0.25) is 0 Å². The zero-order valence-corrected chi connectivity index (χ0v) is 13.6. The van der Waals surface area contributed by atoms with E-state index in [1.54, 1.807) is 0 Å².